The lowest BCUT2D eigenvalue weighted by molar-refractivity contribution is 0.102. The Kier molecular flexibility index (Phi) is 6.90. The molecule has 0 aliphatic carbocycles. The van der Waals surface area contributed by atoms with Crippen molar-refractivity contribution in [2.75, 3.05) is 23.8 Å². The van der Waals surface area contributed by atoms with Crippen molar-refractivity contribution in [2.45, 2.75) is 13.8 Å². The Bertz CT molecular complexity index is 1300. The molecule has 0 spiro atoms. The van der Waals surface area contributed by atoms with Gasteiger partial charge in [0.15, 0.2) is 11.5 Å². The highest BCUT2D eigenvalue weighted by Gasteiger charge is 2.13. The number of halogens is 1. The van der Waals surface area contributed by atoms with Crippen LogP contribution in [0, 0.1) is 0 Å². The van der Waals surface area contributed by atoms with Gasteiger partial charge in [0.2, 0.25) is 0 Å². The van der Waals surface area contributed by atoms with Gasteiger partial charge < -0.3 is 20.1 Å². The van der Waals surface area contributed by atoms with E-state index in [1.807, 2.05) is 44.2 Å². The van der Waals surface area contributed by atoms with Crippen LogP contribution in [0.2, 0.25) is 5.02 Å². The molecular weight excluding hydrogens is 440 g/mol. The molecule has 0 atom stereocenters. The van der Waals surface area contributed by atoms with Gasteiger partial charge in [0.25, 0.3) is 5.91 Å². The van der Waals surface area contributed by atoms with Crippen molar-refractivity contribution in [3.05, 3.63) is 77.6 Å². The summed E-state index contributed by atoms with van der Waals surface area (Å²) in [5, 5.41) is 7.57. The van der Waals surface area contributed by atoms with Crippen LogP contribution in [0.25, 0.3) is 10.9 Å². The summed E-state index contributed by atoms with van der Waals surface area (Å²) in [6.07, 6.45) is 1.49. The van der Waals surface area contributed by atoms with Gasteiger partial charge in [0.1, 0.15) is 12.1 Å². The number of ether oxygens (including phenoxy) is 2. The van der Waals surface area contributed by atoms with Gasteiger partial charge in [-0.1, -0.05) is 17.7 Å². The number of hydrogen-bond donors (Lipinski definition) is 2. The number of fused-ring (bicyclic) bond motifs is 1. The van der Waals surface area contributed by atoms with Gasteiger partial charge in [0, 0.05) is 27.3 Å². The number of anilines is 3. The first-order valence-corrected chi connectivity index (χ1v) is 10.9. The smallest absolute Gasteiger partial charge is 0.255 e. The van der Waals surface area contributed by atoms with Gasteiger partial charge in [0.05, 0.1) is 18.7 Å². The van der Waals surface area contributed by atoms with Gasteiger partial charge in [-0.05, 0) is 68.4 Å². The van der Waals surface area contributed by atoms with Crippen LogP contribution in [0.15, 0.2) is 67.0 Å². The van der Waals surface area contributed by atoms with E-state index in [0.29, 0.717) is 46.8 Å². The first kappa shape index (κ1) is 22.4. The van der Waals surface area contributed by atoms with Crippen LogP contribution >= 0.6 is 11.6 Å². The second-order valence-corrected chi connectivity index (χ2v) is 7.51. The molecule has 1 aromatic heterocycles. The van der Waals surface area contributed by atoms with Crippen molar-refractivity contribution in [1.29, 1.82) is 0 Å². The van der Waals surface area contributed by atoms with Gasteiger partial charge in [-0.15, -0.1) is 0 Å². The van der Waals surface area contributed by atoms with E-state index < -0.39 is 0 Å². The number of hydrogen-bond acceptors (Lipinski definition) is 6. The predicted octanol–water partition coefficient (Wildman–Crippen LogP) is 6.08. The van der Waals surface area contributed by atoms with Crippen molar-refractivity contribution in [1.82, 2.24) is 9.97 Å². The highest BCUT2D eigenvalue weighted by atomic mass is 35.5. The van der Waals surface area contributed by atoms with E-state index >= 15 is 0 Å². The van der Waals surface area contributed by atoms with Crippen LogP contribution in [-0.4, -0.2) is 29.1 Å². The van der Waals surface area contributed by atoms with Gasteiger partial charge in [-0.2, -0.15) is 0 Å². The number of rotatable bonds is 8. The first-order chi connectivity index (χ1) is 16.1. The Morgan fingerprint density at radius 1 is 0.909 bits per heavy atom. The number of nitrogens with zero attached hydrogens (tertiary/aromatic N) is 2. The summed E-state index contributed by atoms with van der Waals surface area (Å²) in [7, 11) is 0. The van der Waals surface area contributed by atoms with Crippen molar-refractivity contribution in [3.63, 3.8) is 0 Å². The van der Waals surface area contributed by atoms with E-state index in [1.165, 1.54) is 6.33 Å². The van der Waals surface area contributed by atoms with Gasteiger partial charge in [-0.25, -0.2) is 9.97 Å². The number of carbonyl (C=O) groups is 1. The topological polar surface area (TPSA) is 85.4 Å². The first-order valence-electron chi connectivity index (χ1n) is 10.6. The molecule has 0 unspecified atom stereocenters. The maximum atomic E-state index is 12.9. The summed E-state index contributed by atoms with van der Waals surface area (Å²) in [5.41, 5.74) is 2.62. The second-order valence-electron chi connectivity index (χ2n) is 7.07. The number of benzene rings is 3. The van der Waals surface area contributed by atoms with E-state index in [-0.39, 0.29) is 5.91 Å². The third kappa shape index (κ3) is 5.32. The number of amides is 1. The zero-order valence-corrected chi connectivity index (χ0v) is 19.0. The Balaban J connectivity index is 1.60. The SMILES string of the molecule is CCOc1ccc(C(=O)Nc2ccc3ncnc(Nc4cccc(Cl)c4)c3c2)cc1OCC. The third-order valence-electron chi connectivity index (χ3n) is 4.79. The van der Waals surface area contributed by atoms with Crippen LogP contribution in [0.4, 0.5) is 17.2 Å². The fourth-order valence-electron chi connectivity index (χ4n) is 3.33. The Morgan fingerprint density at radius 2 is 1.73 bits per heavy atom. The van der Waals surface area contributed by atoms with Crippen molar-refractivity contribution >= 4 is 45.6 Å². The molecule has 7 nitrogen and oxygen atoms in total. The summed E-state index contributed by atoms with van der Waals surface area (Å²) in [6.45, 7) is 4.76. The molecule has 1 amide bonds. The zero-order valence-electron chi connectivity index (χ0n) is 18.3. The molecule has 0 radical (unpaired) electrons. The summed E-state index contributed by atoms with van der Waals surface area (Å²) in [5.74, 6) is 1.49. The highest BCUT2D eigenvalue weighted by Crippen LogP contribution is 2.30. The molecule has 0 aliphatic rings. The molecule has 3 aromatic carbocycles. The van der Waals surface area contributed by atoms with Crippen LogP contribution in [0.1, 0.15) is 24.2 Å². The van der Waals surface area contributed by atoms with Crippen molar-refractivity contribution in [3.8, 4) is 11.5 Å². The molecule has 0 saturated carbocycles. The second kappa shape index (κ2) is 10.2. The van der Waals surface area contributed by atoms with E-state index in [2.05, 4.69) is 20.6 Å². The summed E-state index contributed by atoms with van der Waals surface area (Å²) >= 11 is 6.09. The average Bonchev–Trinajstić information content (AvgIpc) is 2.81. The number of aromatic nitrogens is 2. The molecule has 0 aliphatic heterocycles. The maximum Gasteiger partial charge on any atom is 0.255 e. The molecule has 33 heavy (non-hydrogen) atoms. The Hall–Kier alpha value is -3.84. The Morgan fingerprint density at radius 3 is 2.52 bits per heavy atom. The van der Waals surface area contributed by atoms with Crippen LogP contribution in [0.5, 0.6) is 11.5 Å². The van der Waals surface area contributed by atoms with Crippen molar-refractivity contribution < 1.29 is 14.3 Å². The zero-order chi connectivity index (χ0) is 23.2. The van der Waals surface area contributed by atoms with E-state index in [9.17, 15) is 4.79 Å². The standard InChI is InChI=1S/C25H23ClN4O3/c1-3-32-22-11-8-16(12-23(22)33-4-2)25(31)30-19-9-10-21-20(14-19)24(28-15-27-21)29-18-7-5-6-17(26)13-18/h5-15H,3-4H2,1-2H3,(H,30,31)(H,27,28,29). The van der Waals surface area contributed by atoms with Crippen LogP contribution < -0.4 is 20.1 Å². The largest absolute Gasteiger partial charge is 0.490 e. The molecule has 4 rings (SSSR count). The van der Waals surface area contributed by atoms with E-state index in [0.717, 1.165) is 16.6 Å². The third-order valence-corrected chi connectivity index (χ3v) is 5.02. The minimum absolute atomic E-state index is 0.264. The molecule has 0 fully saturated rings. The maximum absolute atomic E-state index is 12.9. The van der Waals surface area contributed by atoms with Crippen molar-refractivity contribution in [2.24, 2.45) is 0 Å². The normalized spacial score (nSPS) is 10.6. The summed E-state index contributed by atoms with van der Waals surface area (Å²) < 4.78 is 11.2. The fourth-order valence-corrected chi connectivity index (χ4v) is 3.52. The highest BCUT2D eigenvalue weighted by molar-refractivity contribution is 6.30. The van der Waals surface area contributed by atoms with E-state index in [1.54, 1.807) is 30.3 Å². The number of carbonyl (C=O) groups excluding carboxylic acids is 1. The van der Waals surface area contributed by atoms with Crippen LogP contribution in [-0.2, 0) is 0 Å². The quantitative estimate of drug-likeness (QED) is 0.330. The molecule has 0 bridgehead atoms. The van der Waals surface area contributed by atoms with Gasteiger partial charge >= 0.3 is 0 Å². The predicted molar refractivity (Wildman–Crippen MR) is 131 cm³/mol. The lowest BCUT2D eigenvalue weighted by Gasteiger charge is -2.13. The average molecular weight is 463 g/mol. The molecular formula is C25H23ClN4O3. The molecule has 8 heteroatoms. The molecule has 4 aromatic rings. The van der Waals surface area contributed by atoms with Crippen LogP contribution in [0.3, 0.4) is 0 Å². The minimum atomic E-state index is -0.264. The monoisotopic (exact) mass is 462 g/mol. The summed E-state index contributed by atoms with van der Waals surface area (Å²) in [6, 6.07) is 18.0. The number of nitrogens with one attached hydrogen (secondary N) is 2. The minimum Gasteiger partial charge on any atom is -0.490 e. The molecule has 1 heterocycles. The van der Waals surface area contributed by atoms with E-state index in [4.69, 9.17) is 21.1 Å². The Labute approximate surface area is 196 Å². The summed E-state index contributed by atoms with van der Waals surface area (Å²) in [4.78, 5) is 21.6. The lowest BCUT2D eigenvalue weighted by atomic mass is 10.1. The fraction of sp³-hybridized carbons (Fsp3) is 0.160. The van der Waals surface area contributed by atoms with Gasteiger partial charge in [-0.3, -0.25) is 4.79 Å². The lowest BCUT2D eigenvalue weighted by Crippen LogP contribution is -2.12. The molecule has 2 N–H and O–H groups in total. The molecule has 168 valence electrons. The molecule has 0 saturated heterocycles.